The number of methoxy groups -OCH3 is 6. The Bertz CT molecular complexity index is 7140. The lowest BCUT2D eigenvalue weighted by Crippen LogP contribution is -2.10. The standard InChI is InChI=1S/C106H82N12O10/c1-119-91-55-65(56-92(120-2)105(91)123-5)99-79-39-47-87(115-79)103(127-53-51-125-101-83-43-35-75(111-83)95(61-19-11-7-12-20-61)71-31-27-67(107-71)59-68-28-32-72(108-68)96(62-21-13-8-14-22-62)76-36-44-84(101)112-76)89-49-41-81(117-89)100(66-57-93(121-3)106(124-6)94(58-66)122-4)82-42-50-90(118-82)104(88-48-40-80(99)116-88)128-54-52-126-102-85-45-37-77(113-85)97(63-23-15-9-16-24-63)73-33-29-69(109-73)60-70-30-34-74(110-70)98(64-25-17-10-18-26-64)78-38-46-86(102)114-78/h7-50,55-60,107,109,112,114-115,118H,51-54H2,1-6H3. The van der Waals surface area contributed by atoms with Crippen molar-refractivity contribution in [3.8, 4) is 124 Å². The summed E-state index contributed by atoms with van der Waals surface area (Å²) in [4.78, 5) is 54.9. The van der Waals surface area contributed by atoms with Gasteiger partial charge in [-0.15, -0.1) is 0 Å². The van der Waals surface area contributed by atoms with Gasteiger partial charge in [0, 0.05) is 77.5 Å². The molecule has 6 aliphatic rings. The fourth-order valence-corrected chi connectivity index (χ4v) is 17.3. The predicted molar refractivity (Wildman–Crippen MR) is 510 cm³/mol. The first-order valence-electron chi connectivity index (χ1n) is 41.9. The van der Waals surface area contributed by atoms with Gasteiger partial charge in [0.25, 0.3) is 0 Å². The number of rotatable bonds is 22. The average Bonchev–Trinajstić information content (AvgIpc) is 1.54. The lowest BCUT2D eigenvalue weighted by atomic mass is 10.0. The molecule has 6 aromatic carbocycles. The van der Waals surface area contributed by atoms with Gasteiger partial charge >= 0.3 is 0 Å². The van der Waals surface area contributed by atoms with Crippen molar-refractivity contribution in [2.24, 2.45) is 0 Å². The maximum absolute atomic E-state index is 7.21. The zero-order chi connectivity index (χ0) is 86.3. The highest BCUT2D eigenvalue weighted by Crippen LogP contribution is 2.48. The number of hydrogen-bond donors (Lipinski definition) is 6. The number of fused-ring (bicyclic) bond motifs is 24. The van der Waals surface area contributed by atoms with Crippen molar-refractivity contribution in [2.75, 3.05) is 69.1 Å². The Kier molecular flexibility index (Phi) is 20.7. The number of aromatic nitrogens is 12. The molecule has 6 N–H and O–H groups in total. The molecule has 15 aromatic rings. The van der Waals surface area contributed by atoms with E-state index in [9.17, 15) is 0 Å². The summed E-state index contributed by atoms with van der Waals surface area (Å²) in [6.07, 6.45) is 24.1. The van der Waals surface area contributed by atoms with E-state index in [1.807, 2.05) is 194 Å². The Hall–Kier alpha value is -16.9. The second kappa shape index (κ2) is 33.7. The molecule has 0 fully saturated rings. The van der Waals surface area contributed by atoms with Gasteiger partial charge in [-0.25, -0.2) is 29.9 Å². The summed E-state index contributed by atoms with van der Waals surface area (Å²) >= 11 is 0. The molecule has 0 saturated carbocycles. The SMILES string of the molecule is COc1cc(-c2c3nc(c(OCCOc4c5nc(c(-c6ccccc6)c6ccc(cc7nc(c(-c8ccccc8)c8ccc4[nH]8)C=C7)[nH]6)C=C5)c4ccc([nH]4)c(-c4cc(OC)c(OC)c(OC)c4)c4nc(c(OCCOc5c6nc(c(-c7ccccc7)c7ccc(cc8nc(c(-c9ccccc9)c9ccc5[nH]9)C=C8)[nH]7)C=C6)c5ccc2[nH]5)C=C4)C=C3)cc(OC)c1OC. The smallest absolute Gasteiger partial charge is 0.203 e. The van der Waals surface area contributed by atoms with Gasteiger partial charge in [0.15, 0.2) is 46.0 Å². The molecule has 9 aromatic heterocycles. The third-order valence-corrected chi connectivity index (χ3v) is 23.0. The molecular formula is C106H82N12O10. The zero-order valence-corrected chi connectivity index (χ0v) is 70.5. The van der Waals surface area contributed by atoms with Crippen molar-refractivity contribution in [1.29, 1.82) is 0 Å². The van der Waals surface area contributed by atoms with Gasteiger partial charge in [-0.05, 0) is 215 Å². The molecule has 0 unspecified atom stereocenters. The minimum atomic E-state index is 0.0222. The van der Waals surface area contributed by atoms with E-state index in [1.165, 1.54) is 0 Å². The van der Waals surface area contributed by atoms with Crippen LogP contribution < -0.4 is 47.4 Å². The van der Waals surface area contributed by atoms with Crippen molar-refractivity contribution in [3.05, 3.63) is 299 Å². The summed E-state index contributed by atoms with van der Waals surface area (Å²) in [7, 11) is 9.54. The van der Waals surface area contributed by atoms with Crippen LogP contribution in [0.2, 0.25) is 0 Å². The number of benzene rings is 6. The van der Waals surface area contributed by atoms with Crippen LogP contribution in [0.1, 0.15) is 68.3 Å². The Morgan fingerprint density at radius 1 is 0.195 bits per heavy atom. The van der Waals surface area contributed by atoms with E-state index in [-0.39, 0.29) is 26.4 Å². The van der Waals surface area contributed by atoms with Gasteiger partial charge in [-0.1, -0.05) is 121 Å². The second-order valence-electron chi connectivity index (χ2n) is 30.7. The highest BCUT2D eigenvalue weighted by atomic mass is 16.5. The summed E-state index contributed by atoms with van der Waals surface area (Å²) in [6.45, 7) is 0.130. The van der Waals surface area contributed by atoms with Crippen LogP contribution in [0, 0.1) is 0 Å². The molecule has 22 heteroatoms. The van der Waals surface area contributed by atoms with Crippen LogP contribution in [0.5, 0.6) is 57.5 Å². The predicted octanol–water partition coefficient (Wildman–Crippen LogP) is 23.6. The molecule has 0 radical (unpaired) electrons. The number of nitrogens with zero attached hydrogens (tertiary/aromatic N) is 6. The third kappa shape index (κ3) is 14.8. The van der Waals surface area contributed by atoms with Gasteiger partial charge in [0.05, 0.1) is 110 Å². The van der Waals surface area contributed by atoms with Gasteiger partial charge in [0.1, 0.15) is 49.2 Å². The Labute approximate surface area is 734 Å². The quantitative estimate of drug-likeness (QED) is 0.0345. The molecule has 21 rings (SSSR count). The molecule has 0 saturated heterocycles. The molecule has 0 atom stereocenters. The topological polar surface area (TPSA) is 264 Å². The first-order chi connectivity index (χ1) is 63.1. The largest absolute Gasteiger partial charge is 0.493 e. The Balaban J connectivity index is 0.717. The number of nitrogens with one attached hydrogen (secondary N) is 6. The van der Waals surface area contributed by atoms with Crippen LogP contribution in [0.4, 0.5) is 0 Å². The van der Waals surface area contributed by atoms with E-state index in [4.69, 9.17) is 77.3 Å². The molecule has 626 valence electrons. The summed E-state index contributed by atoms with van der Waals surface area (Å²) in [5, 5.41) is 0. The minimum absolute atomic E-state index is 0.0222. The van der Waals surface area contributed by atoms with E-state index in [0.717, 1.165) is 112 Å². The number of ether oxygens (including phenoxy) is 10. The molecule has 6 aliphatic heterocycles. The van der Waals surface area contributed by atoms with Crippen molar-refractivity contribution < 1.29 is 47.4 Å². The van der Waals surface area contributed by atoms with Gasteiger partial charge in [-0.2, -0.15) is 0 Å². The average molecular weight is 1680 g/mol. The summed E-state index contributed by atoms with van der Waals surface area (Å²) in [6, 6.07) is 77.3. The van der Waals surface area contributed by atoms with Crippen molar-refractivity contribution in [3.63, 3.8) is 0 Å². The third-order valence-electron chi connectivity index (χ3n) is 23.0. The van der Waals surface area contributed by atoms with Crippen LogP contribution in [-0.4, -0.2) is 129 Å². The number of H-pyrrole nitrogens is 6. The molecule has 0 spiro atoms. The van der Waals surface area contributed by atoms with E-state index in [0.29, 0.717) is 147 Å². The molecule has 24 bridgehead atoms. The molecular weight excluding hydrogens is 1600 g/mol. The maximum Gasteiger partial charge on any atom is 0.203 e. The summed E-state index contributed by atoms with van der Waals surface area (Å²) in [5.74, 6) is 4.36. The van der Waals surface area contributed by atoms with Crippen LogP contribution >= 0.6 is 0 Å². The second-order valence-corrected chi connectivity index (χ2v) is 30.7. The van der Waals surface area contributed by atoms with Gasteiger partial charge in [-0.3, -0.25) is 0 Å². The van der Waals surface area contributed by atoms with Crippen LogP contribution in [-0.2, 0) is 0 Å². The molecule has 128 heavy (non-hydrogen) atoms. The van der Waals surface area contributed by atoms with Crippen LogP contribution in [0.15, 0.2) is 231 Å². The summed E-state index contributed by atoms with van der Waals surface area (Å²) in [5.41, 5.74) is 27.4. The highest BCUT2D eigenvalue weighted by Gasteiger charge is 2.27. The first kappa shape index (κ1) is 78.4. The van der Waals surface area contributed by atoms with Crippen molar-refractivity contribution in [2.45, 2.75) is 0 Å². The maximum atomic E-state index is 7.21. The highest BCUT2D eigenvalue weighted by molar-refractivity contribution is 6.01. The van der Waals surface area contributed by atoms with Crippen LogP contribution in [0.25, 0.3) is 206 Å². The monoisotopic (exact) mass is 1680 g/mol. The first-order valence-corrected chi connectivity index (χ1v) is 41.9. The van der Waals surface area contributed by atoms with Crippen molar-refractivity contribution >= 4 is 139 Å². The van der Waals surface area contributed by atoms with E-state index >= 15 is 0 Å². The van der Waals surface area contributed by atoms with Gasteiger partial charge in [0.2, 0.25) is 11.5 Å². The Morgan fingerprint density at radius 2 is 0.422 bits per heavy atom. The summed E-state index contributed by atoms with van der Waals surface area (Å²) < 4.78 is 64.9. The van der Waals surface area contributed by atoms with E-state index in [1.54, 1.807) is 42.7 Å². The molecule has 15 heterocycles. The molecule has 0 aliphatic carbocycles. The van der Waals surface area contributed by atoms with E-state index < -0.39 is 0 Å². The number of hydrogen-bond acceptors (Lipinski definition) is 16. The normalized spacial score (nSPS) is 12.2. The fourth-order valence-electron chi connectivity index (χ4n) is 17.3. The van der Waals surface area contributed by atoms with Crippen LogP contribution in [0.3, 0.4) is 0 Å². The van der Waals surface area contributed by atoms with Gasteiger partial charge < -0.3 is 77.3 Å². The Morgan fingerprint density at radius 3 is 0.688 bits per heavy atom. The zero-order valence-electron chi connectivity index (χ0n) is 70.5. The lowest BCUT2D eigenvalue weighted by Gasteiger charge is -2.15. The lowest BCUT2D eigenvalue weighted by molar-refractivity contribution is 0.218. The number of aromatic amines is 6. The van der Waals surface area contributed by atoms with Crippen molar-refractivity contribution in [1.82, 2.24) is 59.8 Å². The molecule has 22 nitrogen and oxygen atoms in total. The minimum Gasteiger partial charge on any atom is -0.493 e. The molecule has 0 amide bonds. The van der Waals surface area contributed by atoms with E-state index in [2.05, 4.69) is 139 Å². The fraction of sp³-hybridized carbons (Fsp3) is 0.0943.